The van der Waals surface area contributed by atoms with E-state index in [0.29, 0.717) is 23.8 Å². The van der Waals surface area contributed by atoms with E-state index in [0.717, 1.165) is 0 Å². The highest BCUT2D eigenvalue weighted by Crippen LogP contribution is 2.30. The summed E-state index contributed by atoms with van der Waals surface area (Å²) >= 11 is 5.77. The van der Waals surface area contributed by atoms with Crippen LogP contribution < -0.4 is 4.90 Å². The van der Waals surface area contributed by atoms with Gasteiger partial charge in [0.2, 0.25) is 5.91 Å². The molecule has 6 nitrogen and oxygen atoms in total. The molecule has 7 heteroatoms. The van der Waals surface area contributed by atoms with Gasteiger partial charge in [0.1, 0.15) is 5.69 Å². The number of rotatable bonds is 6. The highest BCUT2D eigenvalue weighted by atomic mass is 35.5. The number of carbonyl (C=O) groups is 1. The standard InChI is InChI=1S/C13H18ClN3O3/c1-4-16(5-2)13(18)9-15(3)11-7-6-10(14)8-12(11)17(19)20/h6-8H,4-5,9H2,1-3H3. The lowest BCUT2D eigenvalue weighted by molar-refractivity contribution is -0.384. The van der Waals surface area contributed by atoms with Crippen LogP contribution in [-0.4, -0.2) is 42.4 Å². The average Bonchev–Trinajstić information content (AvgIpc) is 2.39. The number of carbonyl (C=O) groups excluding carboxylic acids is 1. The van der Waals surface area contributed by atoms with Gasteiger partial charge in [0.15, 0.2) is 0 Å². The fraction of sp³-hybridized carbons (Fsp3) is 0.462. The first-order valence-electron chi connectivity index (χ1n) is 6.33. The molecule has 0 saturated heterocycles. The van der Waals surface area contributed by atoms with Gasteiger partial charge in [0.05, 0.1) is 11.5 Å². The van der Waals surface area contributed by atoms with E-state index in [1.807, 2.05) is 13.8 Å². The molecule has 0 heterocycles. The minimum absolute atomic E-state index is 0.0678. The highest BCUT2D eigenvalue weighted by molar-refractivity contribution is 6.30. The van der Waals surface area contributed by atoms with E-state index in [1.54, 1.807) is 29.0 Å². The van der Waals surface area contributed by atoms with Crippen LogP contribution in [0.15, 0.2) is 18.2 Å². The average molecular weight is 300 g/mol. The van der Waals surface area contributed by atoms with Crippen LogP contribution in [0.2, 0.25) is 5.02 Å². The molecule has 0 aromatic heterocycles. The molecule has 0 spiro atoms. The summed E-state index contributed by atoms with van der Waals surface area (Å²) in [5.74, 6) is -0.0678. The largest absolute Gasteiger partial charge is 0.360 e. The van der Waals surface area contributed by atoms with Crippen molar-refractivity contribution < 1.29 is 9.72 Å². The van der Waals surface area contributed by atoms with Crippen molar-refractivity contribution in [2.45, 2.75) is 13.8 Å². The van der Waals surface area contributed by atoms with Crippen LogP contribution in [0.3, 0.4) is 0 Å². The first kappa shape index (κ1) is 16.2. The van der Waals surface area contributed by atoms with Crippen LogP contribution in [0.4, 0.5) is 11.4 Å². The van der Waals surface area contributed by atoms with E-state index in [2.05, 4.69) is 0 Å². The monoisotopic (exact) mass is 299 g/mol. The molecular formula is C13H18ClN3O3. The Morgan fingerprint density at radius 1 is 1.35 bits per heavy atom. The molecule has 0 saturated carbocycles. The van der Waals surface area contributed by atoms with Crippen LogP contribution in [-0.2, 0) is 4.79 Å². The summed E-state index contributed by atoms with van der Waals surface area (Å²) in [5, 5.41) is 11.3. The number of hydrogen-bond donors (Lipinski definition) is 0. The molecule has 0 radical (unpaired) electrons. The first-order valence-corrected chi connectivity index (χ1v) is 6.71. The van der Waals surface area contributed by atoms with E-state index < -0.39 is 4.92 Å². The normalized spacial score (nSPS) is 10.2. The number of anilines is 1. The molecule has 0 atom stereocenters. The van der Waals surface area contributed by atoms with Crippen LogP contribution in [0.5, 0.6) is 0 Å². The Hall–Kier alpha value is -1.82. The Morgan fingerprint density at radius 2 is 1.95 bits per heavy atom. The molecule has 110 valence electrons. The van der Waals surface area contributed by atoms with Crippen LogP contribution in [0.1, 0.15) is 13.8 Å². The number of benzene rings is 1. The maximum Gasteiger partial charge on any atom is 0.294 e. The summed E-state index contributed by atoms with van der Waals surface area (Å²) in [4.78, 5) is 25.8. The molecule has 0 N–H and O–H groups in total. The summed E-state index contributed by atoms with van der Waals surface area (Å²) < 4.78 is 0. The van der Waals surface area contributed by atoms with Crippen LogP contribution >= 0.6 is 11.6 Å². The Morgan fingerprint density at radius 3 is 2.45 bits per heavy atom. The quantitative estimate of drug-likeness (QED) is 0.598. The van der Waals surface area contributed by atoms with E-state index in [1.165, 1.54) is 6.07 Å². The number of likely N-dealkylation sites (N-methyl/N-ethyl adjacent to an activating group) is 2. The lowest BCUT2D eigenvalue weighted by Crippen LogP contribution is -2.38. The zero-order valence-electron chi connectivity index (χ0n) is 11.8. The van der Waals surface area contributed by atoms with Crippen molar-refractivity contribution >= 4 is 28.9 Å². The molecule has 0 unspecified atom stereocenters. The topological polar surface area (TPSA) is 66.7 Å². The summed E-state index contributed by atoms with van der Waals surface area (Å²) in [7, 11) is 1.65. The van der Waals surface area contributed by atoms with E-state index in [9.17, 15) is 14.9 Å². The third-order valence-corrected chi connectivity index (χ3v) is 3.27. The number of halogens is 1. The molecule has 0 aliphatic carbocycles. The van der Waals surface area contributed by atoms with Gasteiger partial charge in [-0.2, -0.15) is 0 Å². The van der Waals surface area contributed by atoms with Crippen molar-refractivity contribution in [2.75, 3.05) is 31.6 Å². The number of nitro groups is 1. The third-order valence-electron chi connectivity index (χ3n) is 3.03. The zero-order valence-corrected chi connectivity index (χ0v) is 12.6. The molecule has 1 aromatic rings. The van der Waals surface area contributed by atoms with Gasteiger partial charge in [-0.25, -0.2) is 0 Å². The van der Waals surface area contributed by atoms with Crippen molar-refractivity contribution in [3.8, 4) is 0 Å². The van der Waals surface area contributed by atoms with Crippen LogP contribution in [0.25, 0.3) is 0 Å². The predicted octanol–water partition coefficient (Wildman–Crippen LogP) is 2.55. The summed E-state index contributed by atoms with van der Waals surface area (Å²) in [5.41, 5.74) is 0.271. The molecule has 1 aromatic carbocycles. The smallest absolute Gasteiger partial charge is 0.294 e. The van der Waals surface area contributed by atoms with Gasteiger partial charge >= 0.3 is 0 Å². The Kier molecular flexibility index (Phi) is 5.76. The maximum atomic E-state index is 12.0. The van der Waals surface area contributed by atoms with Gasteiger partial charge in [0.25, 0.3) is 5.69 Å². The molecule has 1 amide bonds. The maximum absolute atomic E-state index is 12.0. The van der Waals surface area contributed by atoms with Crippen molar-refractivity contribution in [3.05, 3.63) is 33.3 Å². The fourth-order valence-electron chi connectivity index (χ4n) is 1.93. The fourth-order valence-corrected chi connectivity index (χ4v) is 2.10. The summed E-state index contributed by atoms with van der Waals surface area (Å²) in [6.07, 6.45) is 0. The van der Waals surface area contributed by atoms with E-state index in [4.69, 9.17) is 11.6 Å². The van der Waals surface area contributed by atoms with Crippen molar-refractivity contribution in [1.29, 1.82) is 0 Å². The number of nitro benzene ring substituents is 1. The number of hydrogen-bond acceptors (Lipinski definition) is 4. The number of amides is 1. The van der Waals surface area contributed by atoms with Gasteiger partial charge in [-0.3, -0.25) is 14.9 Å². The van der Waals surface area contributed by atoms with Gasteiger partial charge in [-0.05, 0) is 26.0 Å². The minimum Gasteiger partial charge on any atom is -0.360 e. The Bertz CT molecular complexity index is 504. The number of nitrogens with zero attached hydrogens (tertiary/aromatic N) is 3. The SMILES string of the molecule is CCN(CC)C(=O)CN(C)c1ccc(Cl)cc1[N+](=O)[O-]. The van der Waals surface area contributed by atoms with Gasteiger partial charge in [-0.1, -0.05) is 11.6 Å². The molecule has 1 rings (SSSR count). The molecule has 0 aliphatic rings. The molecular weight excluding hydrogens is 282 g/mol. The second-order valence-corrected chi connectivity index (χ2v) is 4.75. The predicted molar refractivity (Wildman–Crippen MR) is 79.3 cm³/mol. The second kappa shape index (κ2) is 7.09. The van der Waals surface area contributed by atoms with Gasteiger partial charge in [-0.15, -0.1) is 0 Å². The van der Waals surface area contributed by atoms with Crippen LogP contribution in [0, 0.1) is 10.1 Å². The molecule has 0 fully saturated rings. The molecule has 0 aliphatic heterocycles. The third kappa shape index (κ3) is 3.84. The molecule has 20 heavy (non-hydrogen) atoms. The van der Waals surface area contributed by atoms with Crippen molar-refractivity contribution in [3.63, 3.8) is 0 Å². The van der Waals surface area contributed by atoms with Gasteiger partial charge < -0.3 is 9.80 Å². The molecule has 0 bridgehead atoms. The lowest BCUT2D eigenvalue weighted by Gasteiger charge is -2.24. The highest BCUT2D eigenvalue weighted by Gasteiger charge is 2.20. The minimum atomic E-state index is -0.500. The van der Waals surface area contributed by atoms with Crippen molar-refractivity contribution in [1.82, 2.24) is 4.90 Å². The lowest BCUT2D eigenvalue weighted by atomic mass is 10.2. The van der Waals surface area contributed by atoms with Crippen molar-refractivity contribution in [2.24, 2.45) is 0 Å². The summed E-state index contributed by atoms with van der Waals surface area (Å²) in [6.45, 7) is 5.11. The zero-order chi connectivity index (χ0) is 15.3. The summed E-state index contributed by atoms with van der Waals surface area (Å²) in [6, 6.07) is 4.41. The van der Waals surface area contributed by atoms with E-state index >= 15 is 0 Å². The van der Waals surface area contributed by atoms with E-state index in [-0.39, 0.29) is 18.1 Å². The van der Waals surface area contributed by atoms with Gasteiger partial charge in [0, 0.05) is 31.2 Å². The first-order chi connectivity index (χ1) is 9.40. The Labute approximate surface area is 123 Å². The Balaban J connectivity index is 2.95. The second-order valence-electron chi connectivity index (χ2n) is 4.31.